The number of carbonyl (C=O) groups is 2. The molecule has 0 aliphatic rings. The van der Waals surface area contributed by atoms with Crippen LogP contribution in [0.3, 0.4) is 0 Å². The average Bonchev–Trinajstić information content (AvgIpc) is 2.68. The Morgan fingerprint density at radius 2 is 1.72 bits per heavy atom. The van der Waals surface area contributed by atoms with Crippen LogP contribution in [0.25, 0.3) is 10.8 Å². The molecule has 0 bridgehead atoms. The maximum Gasteiger partial charge on any atom is 0.328 e. The first kappa shape index (κ1) is 20.8. The van der Waals surface area contributed by atoms with Gasteiger partial charge in [0, 0.05) is 15.2 Å². The molecule has 2 N–H and O–H groups in total. The van der Waals surface area contributed by atoms with Crippen molar-refractivity contribution in [3.8, 4) is 5.75 Å². The number of fused-ring (bicyclic) bond motifs is 1. The molecular weight excluding hydrogens is 441 g/mol. The van der Waals surface area contributed by atoms with E-state index in [-0.39, 0.29) is 17.9 Å². The number of rotatable bonds is 6. The Kier molecular flexibility index (Phi) is 5.88. The van der Waals surface area contributed by atoms with Crippen LogP contribution >= 0.6 is 15.9 Å². The Morgan fingerprint density at radius 1 is 1.10 bits per heavy atom. The van der Waals surface area contributed by atoms with Crippen LogP contribution in [0.15, 0.2) is 59.1 Å². The SMILES string of the molecule is CC(C)(NC(=O)c1cc(F)c2ccccc2c1OCc1ccc(Br)cc1)C(=O)O. The fraction of sp³-hybridized carbons (Fsp3) is 0.182. The molecule has 1 amide bonds. The Labute approximate surface area is 175 Å². The van der Waals surface area contributed by atoms with Gasteiger partial charge >= 0.3 is 5.97 Å². The van der Waals surface area contributed by atoms with Gasteiger partial charge in [-0.2, -0.15) is 0 Å². The Hall–Kier alpha value is -2.93. The van der Waals surface area contributed by atoms with Crippen LogP contribution in [-0.2, 0) is 11.4 Å². The predicted octanol–water partition coefficient (Wildman–Crippen LogP) is 4.91. The third kappa shape index (κ3) is 4.56. The standard InChI is InChI=1S/C22H19BrFNO4/c1-22(2,21(27)28)25-20(26)17-11-18(24)15-5-3-4-6-16(15)19(17)29-12-13-7-9-14(23)10-8-13/h3-11H,12H2,1-2H3,(H,25,26)(H,27,28). The summed E-state index contributed by atoms with van der Waals surface area (Å²) in [5.74, 6) is -2.32. The van der Waals surface area contributed by atoms with Crippen molar-refractivity contribution < 1.29 is 23.8 Å². The minimum Gasteiger partial charge on any atom is -0.487 e. The molecule has 29 heavy (non-hydrogen) atoms. The molecule has 3 aromatic rings. The molecule has 0 saturated carbocycles. The van der Waals surface area contributed by atoms with E-state index in [2.05, 4.69) is 21.2 Å². The summed E-state index contributed by atoms with van der Waals surface area (Å²) >= 11 is 3.37. The van der Waals surface area contributed by atoms with Crippen LogP contribution in [-0.4, -0.2) is 22.5 Å². The summed E-state index contributed by atoms with van der Waals surface area (Å²) in [6.45, 7) is 2.87. The van der Waals surface area contributed by atoms with E-state index in [0.717, 1.165) is 16.1 Å². The molecule has 7 heteroatoms. The second kappa shape index (κ2) is 8.21. The molecule has 0 aliphatic heterocycles. The molecule has 0 aliphatic carbocycles. The highest BCUT2D eigenvalue weighted by atomic mass is 79.9. The number of benzene rings is 3. The van der Waals surface area contributed by atoms with E-state index in [1.165, 1.54) is 13.8 Å². The smallest absolute Gasteiger partial charge is 0.328 e. The first-order valence-corrected chi connectivity index (χ1v) is 9.63. The molecule has 0 spiro atoms. The Morgan fingerprint density at radius 3 is 2.34 bits per heavy atom. The van der Waals surface area contributed by atoms with Gasteiger partial charge in [-0.3, -0.25) is 4.79 Å². The predicted molar refractivity (Wildman–Crippen MR) is 112 cm³/mol. The van der Waals surface area contributed by atoms with Crippen molar-refractivity contribution in [1.29, 1.82) is 0 Å². The van der Waals surface area contributed by atoms with Gasteiger partial charge in [0.25, 0.3) is 5.91 Å². The van der Waals surface area contributed by atoms with E-state index < -0.39 is 23.2 Å². The molecule has 0 atom stereocenters. The molecular formula is C22H19BrFNO4. The molecule has 0 saturated heterocycles. The monoisotopic (exact) mass is 459 g/mol. The van der Waals surface area contributed by atoms with Crippen molar-refractivity contribution in [2.45, 2.75) is 26.0 Å². The summed E-state index contributed by atoms with van der Waals surface area (Å²) in [6.07, 6.45) is 0. The minimum atomic E-state index is -1.53. The third-order valence-electron chi connectivity index (χ3n) is 4.45. The Bertz CT molecular complexity index is 1080. The maximum absolute atomic E-state index is 14.6. The lowest BCUT2D eigenvalue weighted by Crippen LogP contribution is -2.49. The Balaban J connectivity index is 2.03. The van der Waals surface area contributed by atoms with Gasteiger partial charge < -0.3 is 15.2 Å². The number of aliphatic carboxylic acids is 1. The van der Waals surface area contributed by atoms with Crippen molar-refractivity contribution in [2.75, 3.05) is 0 Å². The lowest BCUT2D eigenvalue weighted by molar-refractivity contribution is -0.143. The lowest BCUT2D eigenvalue weighted by Gasteiger charge is -2.22. The summed E-state index contributed by atoms with van der Waals surface area (Å²) < 4.78 is 21.5. The zero-order valence-electron chi connectivity index (χ0n) is 15.8. The number of nitrogens with one attached hydrogen (secondary N) is 1. The number of halogens is 2. The van der Waals surface area contributed by atoms with Crippen molar-refractivity contribution >= 4 is 38.6 Å². The van der Waals surface area contributed by atoms with Crippen LogP contribution in [0.1, 0.15) is 29.8 Å². The average molecular weight is 460 g/mol. The number of ether oxygens (including phenoxy) is 1. The van der Waals surface area contributed by atoms with E-state index in [0.29, 0.717) is 10.8 Å². The normalized spacial score (nSPS) is 11.3. The van der Waals surface area contributed by atoms with Crippen LogP contribution in [0.5, 0.6) is 5.75 Å². The van der Waals surface area contributed by atoms with E-state index in [1.54, 1.807) is 24.3 Å². The highest BCUT2D eigenvalue weighted by Crippen LogP contribution is 2.33. The van der Waals surface area contributed by atoms with E-state index in [1.807, 2.05) is 24.3 Å². The molecule has 0 fully saturated rings. The van der Waals surface area contributed by atoms with Crippen LogP contribution in [0.4, 0.5) is 4.39 Å². The number of carbonyl (C=O) groups excluding carboxylic acids is 1. The highest BCUT2D eigenvalue weighted by Gasteiger charge is 2.31. The van der Waals surface area contributed by atoms with Crippen molar-refractivity contribution in [2.24, 2.45) is 0 Å². The van der Waals surface area contributed by atoms with Crippen molar-refractivity contribution in [3.63, 3.8) is 0 Å². The summed E-state index contributed by atoms with van der Waals surface area (Å²) in [5.41, 5.74) is -0.728. The molecule has 0 radical (unpaired) electrons. The van der Waals surface area contributed by atoms with Crippen LogP contribution in [0, 0.1) is 5.82 Å². The first-order chi connectivity index (χ1) is 13.7. The summed E-state index contributed by atoms with van der Waals surface area (Å²) in [4.78, 5) is 24.2. The number of hydrogen-bond acceptors (Lipinski definition) is 3. The minimum absolute atomic E-state index is 0.0624. The molecule has 150 valence electrons. The van der Waals surface area contributed by atoms with Crippen molar-refractivity contribution in [1.82, 2.24) is 5.32 Å². The van der Waals surface area contributed by atoms with Gasteiger partial charge in [-0.25, -0.2) is 9.18 Å². The van der Waals surface area contributed by atoms with Gasteiger partial charge in [-0.1, -0.05) is 52.3 Å². The summed E-state index contributed by atoms with van der Waals surface area (Å²) in [7, 11) is 0. The molecule has 0 aromatic heterocycles. The summed E-state index contributed by atoms with van der Waals surface area (Å²) in [6, 6.07) is 15.2. The van der Waals surface area contributed by atoms with E-state index in [4.69, 9.17) is 4.74 Å². The quantitative estimate of drug-likeness (QED) is 0.548. The van der Waals surface area contributed by atoms with Gasteiger partial charge in [0.15, 0.2) is 0 Å². The molecule has 5 nitrogen and oxygen atoms in total. The first-order valence-electron chi connectivity index (χ1n) is 8.83. The van der Waals surface area contributed by atoms with Crippen molar-refractivity contribution in [3.05, 3.63) is 76.0 Å². The number of hydrogen-bond donors (Lipinski definition) is 2. The van der Waals surface area contributed by atoms with Gasteiger partial charge in [0.2, 0.25) is 0 Å². The second-order valence-electron chi connectivity index (χ2n) is 7.08. The van der Waals surface area contributed by atoms with Gasteiger partial charge in [0.05, 0.1) is 5.56 Å². The van der Waals surface area contributed by atoms with E-state index in [9.17, 15) is 19.1 Å². The molecule has 3 aromatic carbocycles. The second-order valence-corrected chi connectivity index (χ2v) is 8.00. The third-order valence-corrected chi connectivity index (χ3v) is 4.98. The van der Waals surface area contributed by atoms with Crippen LogP contribution in [0.2, 0.25) is 0 Å². The molecule has 0 heterocycles. The largest absolute Gasteiger partial charge is 0.487 e. The number of amides is 1. The zero-order valence-corrected chi connectivity index (χ0v) is 17.4. The fourth-order valence-electron chi connectivity index (χ4n) is 2.77. The topological polar surface area (TPSA) is 75.6 Å². The highest BCUT2D eigenvalue weighted by molar-refractivity contribution is 9.10. The van der Waals surface area contributed by atoms with Crippen LogP contribution < -0.4 is 10.1 Å². The van der Waals surface area contributed by atoms with Gasteiger partial charge in [0.1, 0.15) is 23.7 Å². The van der Waals surface area contributed by atoms with Gasteiger partial charge in [-0.05, 0) is 37.6 Å². The summed E-state index contributed by atoms with van der Waals surface area (Å²) in [5, 5.41) is 12.4. The number of carboxylic acids is 1. The van der Waals surface area contributed by atoms with E-state index >= 15 is 0 Å². The lowest BCUT2D eigenvalue weighted by atomic mass is 10.0. The maximum atomic E-state index is 14.6. The number of carboxylic acid groups (broad SMARTS) is 1. The molecule has 3 rings (SSSR count). The van der Waals surface area contributed by atoms with Gasteiger partial charge in [-0.15, -0.1) is 0 Å². The fourth-order valence-corrected chi connectivity index (χ4v) is 3.03. The zero-order chi connectivity index (χ0) is 21.2. The molecule has 0 unspecified atom stereocenters.